The van der Waals surface area contributed by atoms with Gasteiger partial charge in [-0.3, -0.25) is 0 Å². The molecule has 60 valence electrons. The predicted molar refractivity (Wildman–Crippen MR) is 46.6 cm³/mol. The smallest absolute Gasteiger partial charge is 0.193 e. The Morgan fingerprint density at radius 2 is 2.45 bits per heavy atom. The van der Waals surface area contributed by atoms with Gasteiger partial charge in [0.05, 0.1) is 5.02 Å². The van der Waals surface area contributed by atoms with Gasteiger partial charge in [0.25, 0.3) is 0 Å². The maximum atomic E-state index is 5.83. The number of ether oxygens (including phenoxy) is 1. The number of hydrogen-bond acceptors (Lipinski definition) is 3. The molecule has 1 aromatic rings. The van der Waals surface area contributed by atoms with Gasteiger partial charge >= 0.3 is 0 Å². The molecule has 0 aliphatic carbocycles. The van der Waals surface area contributed by atoms with Crippen LogP contribution in [0.4, 0.5) is 0 Å². The molecule has 0 spiro atoms. The Morgan fingerprint density at radius 1 is 1.64 bits per heavy atom. The monoisotopic (exact) mass is 189 g/mol. The molecule has 11 heavy (non-hydrogen) atoms. The highest BCUT2D eigenvalue weighted by molar-refractivity contribution is 7.12. The lowest BCUT2D eigenvalue weighted by molar-refractivity contribution is 0.147. The fourth-order valence-corrected chi connectivity index (χ4v) is 1.88. The van der Waals surface area contributed by atoms with Gasteiger partial charge < -0.3 is 10.1 Å². The molecule has 1 fully saturated rings. The maximum Gasteiger partial charge on any atom is 0.193 e. The molecule has 0 atom stereocenters. The van der Waals surface area contributed by atoms with Crippen molar-refractivity contribution in [2.45, 2.75) is 6.10 Å². The second-order valence-electron chi connectivity index (χ2n) is 2.45. The molecule has 0 saturated carbocycles. The standard InChI is InChI=1S/C7H8ClNOS/c8-6-1-2-11-7(6)10-5-3-9-4-5/h1-2,5,9H,3-4H2. The zero-order valence-electron chi connectivity index (χ0n) is 5.84. The molecule has 1 aliphatic heterocycles. The van der Waals surface area contributed by atoms with E-state index in [4.69, 9.17) is 16.3 Å². The van der Waals surface area contributed by atoms with E-state index in [-0.39, 0.29) is 0 Å². The van der Waals surface area contributed by atoms with Crippen molar-refractivity contribution in [2.75, 3.05) is 13.1 Å². The lowest BCUT2D eigenvalue weighted by Crippen LogP contribution is -2.50. The molecule has 1 aliphatic rings. The molecular weight excluding hydrogens is 182 g/mol. The Bertz CT molecular complexity index is 246. The van der Waals surface area contributed by atoms with Gasteiger partial charge in [0.2, 0.25) is 0 Å². The Kier molecular flexibility index (Phi) is 2.02. The summed E-state index contributed by atoms with van der Waals surface area (Å²) in [5.74, 6) is 0. The average molecular weight is 190 g/mol. The summed E-state index contributed by atoms with van der Waals surface area (Å²) < 4.78 is 5.55. The van der Waals surface area contributed by atoms with E-state index in [2.05, 4.69) is 5.32 Å². The molecule has 0 bridgehead atoms. The third-order valence-corrected chi connectivity index (χ3v) is 2.81. The number of rotatable bonds is 2. The topological polar surface area (TPSA) is 21.3 Å². The minimum atomic E-state index is 0.325. The van der Waals surface area contributed by atoms with Gasteiger partial charge in [-0.25, -0.2) is 0 Å². The first-order valence-electron chi connectivity index (χ1n) is 3.46. The van der Waals surface area contributed by atoms with Gasteiger partial charge in [0.1, 0.15) is 6.10 Å². The largest absolute Gasteiger partial charge is 0.477 e. The SMILES string of the molecule is Clc1ccsc1OC1CNC1. The van der Waals surface area contributed by atoms with E-state index in [9.17, 15) is 0 Å². The number of thiophene rings is 1. The third-order valence-electron chi connectivity index (χ3n) is 1.60. The highest BCUT2D eigenvalue weighted by Crippen LogP contribution is 2.31. The minimum Gasteiger partial charge on any atom is -0.477 e. The van der Waals surface area contributed by atoms with Crippen molar-refractivity contribution in [3.8, 4) is 5.06 Å². The summed E-state index contributed by atoms with van der Waals surface area (Å²) >= 11 is 7.38. The summed E-state index contributed by atoms with van der Waals surface area (Å²) in [7, 11) is 0. The van der Waals surface area contributed by atoms with Crippen LogP contribution in [0.5, 0.6) is 5.06 Å². The predicted octanol–water partition coefficient (Wildman–Crippen LogP) is 1.75. The Morgan fingerprint density at radius 3 is 2.91 bits per heavy atom. The van der Waals surface area contributed by atoms with E-state index >= 15 is 0 Å². The Balaban J connectivity index is 1.99. The third kappa shape index (κ3) is 1.50. The zero-order chi connectivity index (χ0) is 7.68. The van der Waals surface area contributed by atoms with Crippen LogP contribution in [0.25, 0.3) is 0 Å². The van der Waals surface area contributed by atoms with Gasteiger partial charge in [0, 0.05) is 13.1 Å². The maximum absolute atomic E-state index is 5.83. The van der Waals surface area contributed by atoms with Crippen LogP contribution in [-0.4, -0.2) is 19.2 Å². The van der Waals surface area contributed by atoms with Gasteiger partial charge in [-0.05, 0) is 11.4 Å². The second kappa shape index (κ2) is 3.01. The van der Waals surface area contributed by atoms with Crippen molar-refractivity contribution >= 4 is 22.9 Å². The fraction of sp³-hybridized carbons (Fsp3) is 0.429. The second-order valence-corrected chi connectivity index (χ2v) is 3.74. The van der Waals surface area contributed by atoms with Crippen LogP contribution >= 0.6 is 22.9 Å². The molecule has 0 amide bonds. The number of hydrogen-bond donors (Lipinski definition) is 1. The molecule has 1 saturated heterocycles. The van der Waals surface area contributed by atoms with E-state index in [0.717, 1.165) is 23.2 Å². The van der Waals surface area contributed by atoms with Crippen molar-refractivity contribution in [1.82, 2.24) is 5.32 Å². The summed E-state index contributed by atoms with van der Waals surface area (Å²) in [5, 5.41) is 6.63. The first-order chi connectivity index (χ1) is 5.36. The summed E-state index contributed by atoms with van der Waals surface area (Å²) in [4.78, 5) is 0. The highest BCUT2D eigenvalue weighted by Gasteiger charge is 2.19. The van der Waals surface area contributed by atoms with Crippen LogP contribution in [0.3, 0.4) is 0 Å². The Hall–Kier alpha value is -0.250. The van der Waals surface area contributed by atoms with E-state index in [1.165, 1.54) is 0 Å². The first kappa shape index (κ1) is 7.40. The van der Waals surface area contributed by atoms with Crippen LogP contribution < -0.4 is 10.1 Å². The molecule has 1 aromatic heterocycles. The van der Waals surface area contributed by atoms with E-state index in [0.29, 0.717) is 6.10 Å². The molecule has 2 rings (SSSR count). The van der Waals surface area contributed by atoms with Crippen LogP contribution in [0.1, 0.15) is 0 Å². The van der Waals surface area contributed by atoms with Gasteiger partial charge in [0.15, 0.2) is 5.06 Å². The van der Waals surface area contributed by atoms with Gasteiger partial charge in [-0.15, -0.1) is 11.3 Å². The first-order valence-corrected chi connectivity index (χ1v) is 4.72. The van der Waals surface area contributed by atoms with Crippen molar-refractivity contribution in [3.05, 3.63) is 16.5 Å². The van der Waals surface area contributed by atoms with Crippen LogP contribution in [0, 0.1) is 0 Å². The minimum absolute atomic E-state index is 0.325. The zero-order valence-corrected chi connectivity index (χ0v) is 7.41. The molecule has 2 nitrogen and oxygen atoms in total. The van der Waals surface area contributed by atoms with E-state index < -0.39 is 0 Å². The fourth-order valence-electron chi connectivity index (χ4n) is 0.861. The number of nitrogens with one attached hydrogen (secondary N) is 1. The van der Waals surface area contributed by atoms with Crippen LogP contribution in [0.2, 0.25) is 5.02 Å². The van der Waals surface area contributed by atoms with Crippen LogP contribution in [0.15, 0.2) is 11.4 Å². The van der Waals surface area contributed by atoms with Crippen molar-refractivity contribution in [2.24, 2.45) is 0 Å². The molecule has 4 heteroatoms. The molecular formula is C7H8ClNOS. The normalized spacial score (nSPS) is 17.9. The lowest BCUT2D eigenvalue weighted by Gasteiger charge is -2.27. The lowest BCUT2D eigenvalue weighted by atomic mass is 10.2. The molecule has 0 aromatic carbocycles. The van der Waals surface area contributed by atoms with Crippen molar-refractivity contribution in [3.63, 3.8) is 0 Å². The Labute approximate surface area is 74.1 Å². The van der Waals surface area contributed by atoms with Crippen molar-refractivity contribution < 1.29 is 4.74 Å². The molecule has 2 heterocycles. The summed E-state index contributed by atoms with van der Waals surface area (Å²) in [6, 6.07) is 1.85. The van der Waals surface area contributed by atoms with Gasteiger partial charge in [-0.1, -0.05) is 11.6 Å². The molecule has 0 radical (unpaired) electrons. The summed E-state index contributed by atoms with van der Waals surface area (Å²) in [6.45, 7) is 1.88. The molecule has 0 unspecified atom stereocenters. The summed E-state index contributed by atoms with van der Waals surface area (Å²) in [6.07, 6.45) is 0.325. The highest BCUT2D eigenvalue weighted by atomic mass is 35.5. The van der Waals surface area contributed by atoms with E-state index in [1.54, 1.807) is 11.3 Å². The summed E-state index contributed by atoms with van der Waals surface area (Å²) in [5.41, 5.74) is 0. The molecule has 1 N–H and O–H groups in total. The van der Waals surface area contributed by atoms with E-state index in [1.807, 2.05) is 11.4 Å². The average Bonchev–Trinajstić information content (AvgIpc) is 2.27. The van der Waals surface area contributed by atoms with Crippen molar-refractivity contribution in [1.29, 1.82) is 0 Å². The number of halogens is 1. The van der Waals surface area contributed by atoms with Gasteiger partial charge in [-0.2, -0.15) is 0 Å². The van der Waals surface area contributed by atoms with Crippen LogP contribution in [-0.2, 0) is 0 Å². The quantitative estimate of drug-likeness (QED) is 0.766.